The summed E-state index contributed by atoms with van der Waals surface area (Å²) in [6, 6.07) is 74.3. The molecule has 0 radical (unpaired) electrons. The molecule has 9 aromatic rings. The molecule has 0 atom stereocenters. The maximum absolute atomic E-state index is 2.49. The van der Waals surface area contributed by atoms with Crippen molar-refractivity contribution in [2.24, 2.45) is 0 Å². The number of benzene rings is 9. The molecule has 0 saturated heterocycles. The van der Waals surface area contributed by atoms with Crippen LogP contribution in [0.15, 0.2) is 200 Å². The van der Waals surface area contributed by atoms with E-state index < -0.39 is 0 Å². The first-order valence-electron chi connectivity index (χ1n) is 20.9. The average Bonchev–Trinajstić information content (AvgIpc) is 3.66. The molecule has 0 heterocycles. The van der Waals surface area contributed by atoms with Crippen LogP contribution in [0.3, 0.4) is 0 Å². The summed E-state index contributed by atoms with van der Waals surface area (Å²) in [7, 11) is 0. The molecule has 0 aliphatic heterocycles. The number of hydrogen-bond acceptors (Lipinski definition) is 1. The molecule has 282 valence electrons. The molecule has 0 bridgehead atoms. The zero-order valence-corrected chi connectivity index (χ0v) is 34.0. The topological polar surface area (TPSA) is 3.24 Å². The number of anilines is 3. The minimum atomic E-state index is -0.150. The van der Waals surface area contributed by atoms with Gasteiger partial charge in [0.15, 0.2) is 0 Å². The fourth-order valence-corrected chi connectivity index (χ4v) is 10.4. The van der Waals surface area contributed by atoms with Crippen LogP contribution >= 0.6 is 0 Å². The van der Waals surface area contributed by atoms with Gasteiger partial charge >= 0.3 is 0 Å². The highest BCUT2D eigenvalue weighted by molar-refractivity contribution is 6.01. The van der Waals surface area contributed by atoms with Gasteiger partial charge in [-0.15, -0.1) is 0 Å². The van der Waals surface area contributed by atoms with Crippen LogP contribution in [-0.2, 0) is 10.8 Å². The number of nitrogens with zero attached hydrogens (tertiary/aromatic N) is 1. The Labute approximate surface area is 347 Å². The van der Waals surface area contributed by atoms with E-state index in [0.717, 1.165) is 17.1 Å². The Kier molecular flexibility index (Phi) is 7.94. The summed E-state index contributed by atoms with van der Waals surface area (Å²) in [5.74, 6) is 0. The van der Waals surface area contributed by atoms with Gasteiger partial charge in [-0.1, -0.05) is 198 Å². The number of para-hydroxylation sites is 1. The van der Waals surface area contributed by atoms with E-state index in [4.69, 9.17) is 0 Å². The van der Waals surface area contributed by atoms with Crippen molar-refractivity contribution in [1.82, 2.24) is 0 Å². The molecule has 1 heteroatoms. The second-order valence-electron chi connectivity index (χ2n) is 17.3. The van der Waals surface area contributed by atoms with Gasteiger partial charge < -0.3 is 4.90 Å². The first kappa shape index (κ1) is 35.2. The molecule has 9 aromatic carbocycles. The molecule has 2 aliphatic rings. The van der Waals surface area contributed by atoms with Crippen LogP contribution in [-0.4, -0.2) is 0 Å². The lowest BCUT2D eigenvalue weighted by molar-refractivity contribution is 0.660. The second-order valence-corrected chi connectivity index (χ2v) is 17.3. The Morgan fingerprint density at radius 1 is 0.322 bits per heavy atom. The minimum absolute atomic E-state index is 0.127. The summed E-state index contributed by atoms with van der Waals surface area (Å²) < 4.78 is 0. The van der Waals surface area contributed by atoms with Gasteiger partial charge in [0.25, 0.3) is 0 Å². The lowest BCUT2D eigenvalue weighted by Crippen LogP contribution is -2.18. The highest BCUT2D eigenvalue weighted by Gasteiger charge is 2.39. The third-order valence-corrected chi connectivity index (χ3v) is 13.3. The van der Waals surface area contributed by atoms with Gasteiger partial charge in [-0.25, -0.2) is 0 Å². The summed E-state index contributed by atoms with van der Waals surface area (Å²) in [4.78, 5) is 2.49. The van der Waals surface area contributed by atoms with Crippen molar-refractivity contribution in [3.8, 4) is 55.6 Å². The molecule has 0 saturated carbocycles. The molecule has 0 fully saturated rings. The molecule has 0 unspecified atom stereocenters. The Bertz CT molecular complexity index is 3100. The number of rotatable bonds is 6. The maximum atomic E-state index is 2.49. The van der Waals surface area contributed by atoms with E-state index in [1.807, 2.05) is 0 Å². The Balaban J connectivity index is 1.09. The van der Waals surface area contributed by atoms with E-state index in [-0.39, 0.29) is 10.8 Å². The summed E-state index contributed by atoms with van der Waals surface area (Å²) in [6.07, 6.45) is 0. The van der Waals surface area contributed by atoms with E-state index in [2.05, 4.69) is 233 Å². The van der Waals surface area contributed by atoms with E-state index in [9.17, 15) is 0 Å². The zero-order valence-electron chi connectivity index (χ0n) is 34.0. The summed E-state index contributed by atoms with van der Waals surface area (Å²) in [5.41, 5.74) is 21.4. The third kappa shape index (κ3) is 5.38. The molecule has 0 aromatic heterocycles. The van der Waals surface area contributed by atoms with E-state index in [1.165, 1.54) is 88.7 Å². The predicted octanol–water partition coefficient (Wildman–Crippen LogP) is 15.9. The summed E-state index contributed by atoms with van der Waals surface area (Å²) >= 11 is 0. The zero-order chi connectivity index (χ0) is 39.9. The van der Waals surface area contributed by atoms with Crippen LogP contribution in [0, 0.1) is 0 Å². The highest BCUT2D eigenvalue weighted by Crippen LogP contribution is 2.55. The Hall–Kier alpha value is -6.96. The monoisotopic (exact) mass is 755 g/mol. The van der Waals surface area contributed by atoms with Crippen LogP contribution in [0.4, 0.5) is 17.1 Å². The largest absolute Gasteiger partial charge is 0.310 e. The van der Waals surface area contributed by atoms with Crippen molar-refractivity contribution < 1.29 is 0 Å². The molecule has 1 nitrogen and oxygen atoms in total. The molecule has 0 spiro atoms. The molecule has 11 rings (SSSR count). The molecule has 0 N–H and O–H groups in total. The van der Waals surface area contributed by atoms with Crippen molar-refractivity contribution in [3.05, 3.63) is 222 Å². The predicted molar refractivity (Wildman–Crippen MR) is 250 cm³/mol. The highest BCUT2D eigenvalue weighted by atomic mass is 15.1. The lowest BCUT2D eigenvalue weighted by atomic mass is 9.78. The first-order valence-corrected chi connectivity index (χ1v) is 20.9. The van der Waals surface area contributed by atoms with Crippen LogP contribution in [0.5, 0.6) is 0 Å². The van der Waals surface area contributed by atoms with Gasteiger partial charge in [0, 0.05) is 27.8 Å². The van der Waals surface area contributed by atoms with Crippen LogP contribution in [0.25, 0.3) is 66.4 Å². The Morgan fingerprint density at radius 3 is 1.58 bits per heavy atom. The molecular weight excluding hydrogens is 711 g/mol. The van der Waals surface area contributed by atoms with Gasteiger partial charge in [0.2, 0.25) is 0 Å². The first-order chi connectivity index (χ1) is 28.8. The smallest absolute Gasteiger partial charge is 0.0540 e. The third-order valence-electron chi connectivity index (χ3n) is 13.3. The van der Waals surface area contributed by atoms with Crippen LogP contribution in [0.2, 0.25) is 0 Å². The van der Waals surface area contributed by atoms with Gasteiger partial charge in [-0.3, -0.25) is 0 Å². The maximum Gasteiger partial charge on any atom is 0.0540 e. The fourth-order valence-electron chi connectivity index (χ4n) is 10.4. The van der Waals surface area contributed by atoms with Crippen molar-refractivity contribution in [1.29, 1.82) is 0 Å². The van der Waals surface area contributed by atoms with E-state index in [0.29, 0.717) is 0 Å². The normalized spacial score (nSPS) is 14.0. The lowest BCUT2D eigenvalue weighted by Gasteiger charge is -2.31. The molecule has 59 heavy (non-hydrogen) atoms. The van der Waals surface area contributed by atoms with Gasteiger partial charge in [-0.2, -0.15) is 0 Å². The van der Waals surface area contributed by atoms with Crippen LogP contribution < -0.4 is 4.90 Å². The van der Waals surface area contributed by atoms with Crippen molar-refractivity contribution in [3.63, 3.8) is 0 Å². The van der Waals surface area contributed by atoms with Crippen molar-refractivity contribution in [2.75, 3.05) is 4.90 Å². The number of fused-ring (bicyclic) bond motifs is 7. The summed E-state index contributed by atoms with van der Waals surface area (Å²) in [5, 5.41) is 2.52. The fraction of sp³-hybridized carbons (Fsp3) is 0.103. The standard InChI is InChI=1S/C58H45N/c1-57(2)52-28-12-9-22-46(52)48-36-35-41(37-54(48)57)59(55-30-14-11-24-49(55)51-27-16-26-50-47-23-10-13-29-53(47)58(3,4)56(50)51)40-33-31-39(32-34-40)43-20-7-8-21-44(43)45-25-15-18-38-17-5-6-19-42(38)45/h5-37H,1-4H3. The average molecular weight is 756 g/mol. The van der Waals surface area contributed by atoms with Gasteiger partial charge in [0.05, 0.1) is 5.69 Å². The van der Waals surface area contributed by atoms with E-state index in [1.54, 1.807) is 0 Å². The van der Waals surface area contributed by atoms with Gasteiger partial charge in [-0.05, 0) is 113 Å². The molecular formula is C58H45N. The van der Waals surface area contributed by atoms with E-state index >= 15 is 0 Å². The molecule has 0 amide bonds. The summed E-state index contributed by atoms with van der Waals surface area (Å²) in [6.45, 7) is 9.51. The van der Waals surface area contributed by atoms with Crippen LogP contribution in [0.1, 0.15) is 49.9 Å². The van der Waals surface area contributed by atoms with Crippen molar-refractivity contribution >= 4 is 27.8 Å². The molecule has 2 aliphatic carbocycles. The van der Waals surface area contributed by atoms with Gasteiger partial charge in [0.1, 0.15) is 0 Å². The van der Waals surface area contributed by atoms with Crippen molar-refractivity contribution in [2.45, 2.75) is 38.5 Å². The SMILES string of the molecule is CC1(C)c2ccccc2-c2ccc(N(c3ccc(-c4ccccc4-c4cccc5ccccc45)cc3)c3ccccc3-c3cccc4c3C(C)(C)c3ccccc3-4)cc21. The minimum Gasteiger partial charge on any atom is -0.310 e. The number of hydrogen-bond donors (Lipinski definition) is 0. The second kappa shape index (κ2) is 13.3. The Morgan fingerprint density at radius 2 is 0.814 bits per heavy atom. The quantitative estimate of drug-likeness (QED) is 0.163.